The quantitative estimate of drug-likeness (QED) is 0.861. The number of nitrogens with zero attached hydrogens (tertiary/aromatic N) is 1. The number of benzene rings is 1. The molecule has 0 heterocycles. The van der Waals surface area contributed by atoms with Gasteiger partial charge in [-0.1, -0.05) is 12.1 Å². The van der Waals surface area contributed by atoms with Crippen LogP contribution in [0.3, 0.4) is 0 Å². The second-order valence-electron chi connectivity index (χ2n) is 3.37. The zero-order valence-corrected chi connectivity index (χ0v) is 11.1. The first kappa shape index (κ1) is 13.7. The molecule has 1 rings (SSSR count). The molecule has 5 heteroatoms. The lowest BCUT2D eigenvalue weighted by Crippen LogP contribution is -2.10. The lowest BCUT2D eigenvalue weighted by molar-refractivity contribution is -0.142. The Morgan fingerprint density at radius 3 is 2.71 bits per heavy atom. The predicted molar refractivity (Wildman–Crippen MR) is 67.1 cm³/mol. The van der Waals surface area contributed by atoms with Crippen LogP contribution < -0.4 is 5.73 Å². The maximum Gasteiger partial charge on any atom is 0.310 e. The summed E-state index contributed by atoms with van der Waals surface area (Å²) in [6.45, 7) is 2.42. The van der Waals surface area contributed by atoms with Crippen molar-refractivity contribution in [1.82, 2.24) is 0 Å². The van der Waals surface area contributed by atoms with E-state index in [9.17, 15) is 4.79 Å². The van der Waals surface area contributed by atoms with Gasteiger partial charge in [0.2, 0.25) is 0 Å². The minimum absolute atomic E-state index is 0.0974. The van der Waals surface area contributed by atoms with E-state index in [2.05, 4.69) is 22.0 Å². The third-order valence-electron chi connectivity index (χ3n) is 2.28. The van der Waals surface area contributed by atoms with Gasteiger partial charge < -0.3 is 10.5 Å². The van der Waals surface area contributed by atoms with Crippen molar-refractivity contribution < 1.29 is 9.53 Å². The van der Waals surface area contributed by atoms with E-state index in [0.29, 0.717) is 28.8 Å². The van der Waals surface area contributed by atoms with E-state index < -0.39 is 0 Å². The van der Waals surface area contributed by atoms with Gasteiger partial charge in [0.25, 0.3) is 0 Å². The summed E-state index contributed by atoms with van der Waals surface area (Å²) in [5, 5.41) is 9.09. The largest absolute Gasteiger partial charge is 0.466 e. The van der Waals surface area contributed by atoms with Crippen molar-refractivity contribution >= 4 is 21.9 Å². The monoisotopic (exact) mass is 296 g/mol. The third kappa shape index (κ3) is 3.29. The number of nitriles is 1. The van der Waals surface area contributed by atoms with Crippen LogP contribution in [0.4, 0.5) is 0 Å². The smallest absolute Gasteiger partial charge is 0.310 e. The summed E-state index contributed by atoms with van der Waals surface area (Å²) in [6, 6.07) is 5.62. The Bertz CT molecular complexity index is 466. The van der Waals surface area contributed by atoms with Crippen LogP contribution in [0.15, 0.2) is 16.6 Å². The van der Waals surface area contributed by atoms with Crippen LogP contribution in [-0.2, 0) is 22.5 Å². The van der Waals surface area contributed by atoms with E-state index in [1.165, 1.54) is 0 Å². The normalized spacial score (nSPS) is 9.76. The molecule has 4 nitrogen and oxygen atoms in total. The molecule has 0 radical (unpaired) electrons. The van der Waals surface area contributed by atoms with Gasteiger partial charge in [0, 0.05) is 11.0 Å². The topological polar surface area (TPSA) is 76.1 Å². The number of ether oxygens (including phenoxy) is 1. The van der Waals surface area contributed by atoms with Gasteiger partial charge >= 0.3 is 5.97 Å². The van der Waals surface area contributed by atoms with Crippen LogP contribution in [-0.4, -0.2) is 12.6 Å². The Kier molecular flexibility index (Phi) is 5.13. The van der Waals surface area contributed by atoms with E-state index in [1.54, 1.807) is 19.1 Å². The number of rotatable bonds is 4. The number of hydrogen-bond donors (Lipinski definition) is 1. The number of carbonyl (C=O) groups excluding carboxylic acids is 1. The maximum atomic E-state index is 11.4. The average Bonchev–Trinajstić information content (AvgIpc) is 2.30. The highest BCUT2D eigenvalue weighted by Crippen LogP contribution is 2.25. The van der Waals surface area contributed by atoms with E-state index in [4.69, 9.17) is 15.7 Å². The second kappa shape index (κ2) is 6.38. The first-order valence-corrected chi connectivity index (χ1v) is 5.99. The average molecular weight is 297 g/mol. The minimum atomic E-state index is -0.337. The highest BCUT2D eigenvalue weighted by atomic mass is 79.9. The summed E-state index contributed by atoms with van der Waals surface area (Å²) in [5.74, 6) is -0.337. The highest BCUT2D eigenvalue weighted by Gasteiger charge is 2.13. The molecule has 1 aromatic rings. The Morgan fingerprint density at radius 1 is 1.53 bits per heavy atom. The molecule has 0 atom stereocenters. The van der Waals surface area contributed by atoms with Crippen LogP contribution >= 0.6 is 15.9 Å². The summed E-state index contributed by atoms with van der Waals surface area (Å²) in [4.78, 5) is 11.4. The van der Waals surface area contributed by atoms with Gasteiger partial charge in [0.1, 0.15) is 6.07 Å². The fourth-order valence-corrected chi connectivity index (χ4v) is 2.09. The summed E-state index contributed by atoms with van der Waals surface area (Å²) in [7, 11) is 0. The van der Waals surface area contributed by atoms with Crippen LogP contribution in [0.2, 0.25) is 0 Å². The molecular formula is C12H13BrN2O2. The molecule has 0 fully saturated rings. The van der Waals surface area contributed by atoms with E-state index in [1.807, 2.05) is 0 Å². The minimum Gasteiger partial charge on any atom is -0.466 e. The number of carbonyl (C=O) groups is 1. The third-order valence-corrected chi connectivity index (χ3v) is 3.19. The number of esters is 1. The lowest BCUT2D eigenvalue weighted by Gasteiger charge is -2.09. The molecule has 1 aromatic carbocycles. The lowest BCUT2D eigenvalue weighted by atomic mass is 10.0. The number of halogens is 1. The first-order valence-electron chi connectivity index (χ1n) is 5.20. The fourth-order valence-electron chi connectivity index (χ4n) is 1.45. The van der Waals surface area contributed by atoms with Crippen LogP contribution in [0.5, 0.6) is 0 Å². The standard InChI is InChI=1S/C12H13BrN2O2/c1-2-17-11(16)5-8-3-4-9(6-14)12(13)10(8)7-15/h3-4H,2,5-6,14H2,1H3. The molecule has 0 spiro atoms. The van der Waals surface area contributed by atoms with Crippen molar-refractivity contribution in [2.45, 2.75) is 19.9 Å². The number of nitrogens with two attached hydrogens (primary N) is 1. The summed E-state index contributed by atoms with van der Waals surface area (Å²) >= 11 is 3.33. The van der Waals surface area contributed by atoms with Gasteiger partial charge in [-0.05, 0) is 34.0 Å². The van der Waals surface area contributed by atoms with Gasteiger partial charge in [-0.25, -0.2) is 0 Å². The molecule has 0 aliphatic rings. The zero-order valence-electron chi connectivity index (χ0n) is 9.50. The van der Waals surface area contributed by atoms with Gasteiger partial charge in [-0.15, -0.1) is 0 Å². The Balaban J connectivity index is 3.06. The summed E-state index contributed by atoms with van der Waals surface area (Å²) in [6.07, 6.45) is 0.0974. The predicted octanol–water partition coefficient (Wildman–Crippen LogP) is 1.89. The summed E-state index contributed by atoms with van der Waals surface area (Å²) in [5.41, 5.74) is 7.48. The van der Waals surface area contributed by atoms with Crippen molar-refractivity contribution in [3.05, 3.63) is 33.3 Å². The molecule has 0 aliphatic carbocycles. The van der Waals surface area contributed by atoms with E-state index in [0.717, 1.165) is 5.56 Å². The van der Waals surface area contributed by atoms with E-state index >= 15 is 0 Å². The van der Waals surface area contributed by atoms with E-state index in [-0.39, 0.29) is 12.4 Å². The molecule has 90 valence electrons. The Labute approximate surface area is 108 Å². The Hall–Kier alpha value is -1.38. The summed E-state index contributed by atoms with van der Waals surface area (Å²) < 4.78 is 5.51. The van der Waals surface area contributed by atoms with Crippen molar-refractivity contribution in [3.8, 4) is 6.07 Å². The van der Waals surface area contributed by atoms with Gasteiger partial charge in [-0.2, -0.15) is 5.26 Å². The van der Waals surface area contributed by atoms with Crippen molar-refractivity contribution in [3.63, 3.8) is 0 Å². The Morgan fingerprint density at radius 2 is 2.18 bits per heavy atom. The van der Waals surface area contributed by atoms with Gasteiger partial charge in [0.05, 0.1) is 18.6 Å². The highest BCUT2D eigenvalue weighted by molar-refractivity contribution is 9.10. The van der Waals surface area contributed by atoms with Gasteiger partial charge in [-0.3, -0.25) is 4.79 Å². The molecule has 17 heavy (non-hydrogen) atoms. The molecule has 0 aliphatic heterocycles. The molecule has 0 bridgehead atoms. The van der Waals surface area contributed by atoms with Crippen molar-refractivity contribution in [1.29, 1.82) is 5.26 Å². The molecule has 0 saturated heterocycles. The van der Waals surface area contributed by atoms with Crippen LogP contribution in [0.25, 0.3) is 0 Å². The molecule has 2 N–H and O–H groups in total. The second-order valence-corrected chi connectivity index (χ2v) is 4.16. The molecule has 0 unspecified atom stereocenters. The zero-order chi connectivity index (χ0) is 12.8. The first-order chi connectivity index (χ1) is 8.13. The molecule has 0 saturated carbocycles. The number of hydrogen-bond acceptors (Lipinski definition) is 4. The van der Waals surface area contributed by atoms with Gasteiger partial charge in [0.15, 0.2) is 0 Å². The van der Waals surface area contributed by atoms with Crippen LogP contribution in [0.1, 0.15) is 23.6 Å². The molecule has 0 aromatic heterocycles. The van der Waals surface area contributed by atoms with Crippen LogP contribution in [0, 0.1) is 11.3 Å². The maximum absolute atomic E-state index is 11.4. The molecular weight excluding hydrogens is 284 g/mol. The van der Waals surface area contributed by atoms with Crippen molar-refractivity contribution in [2.75, 3.05) is 6.61 Å². The fraction of sp³-hybridized carbons (Fsp3) is 0.333. The SMILES string of the molecule is CCOC(=O)Cc1ccc(CN)c(Br)c1C#N. The molecule has 0 amide bonds. The van der Waals surface area contributed by atoms with Crippen molar-refractivity contribution in [2.24, 2.45) is 5.73 Å².